The first-order valence-corrected chi connectivity index (χ1v) is 14.6. The van der Waals surface area contributed by atoms with Crippen LogP contribution in [0.5, 0.6) is 0 Å². The number of alkyl halides is 3. The van der Waals surface area contributed by atoms with Crippen molar-refractivity contribution >= 4 is 34.1 Å². The van der Waals surface area contributed by atoms with Gasteiger partial charge in [0.2, 0.25) is 0 Å². The van der Waals surface area contributed by atoms with Crippen molar-refractivity contribution in [3.05, 3.63) is 83.1 Å². The van der Waals surface area contributed by atoms with Crippen LogP contribution in [0.2, 0.25) is 0 Å². The number of hydrogen-bond acceptors (Lipinski definition) is 7. The number of piperidine rings is 1. The van der Waals surface area contributed by atoms with Gasteiger partial charge in [-0.3, -0.25) is 0 Å². The van der Waals surface area contributed by atoms with Gasteiger partial charge in [0, 0.05) is 12.7 Å². The van der Waals surface area contributed by atoms with Crippen molar-refractivity contribution in [3.63, 3.8) is 0 Å². The maximum Gasteiger partial charge on any atom is 0.416 e. The summed E-state index contributed by atoms with van der Waals surface area (Å²) in [6.45, 7) is 4.62. The Hall–Kier alpha value is -3.77. The number of fused-ring (bicyclic) bond motifs is 2. The number of hydrogen-bond donors (Lipinski definition) is 0. The second kappa shape index (κ2) is 9.12. The highest BCUT2D eigenvalue weighted by molar-refractivity contribution is 7.92. The smallest absolute Gasteiger partial charge is 0.416 e. The predicted molar refractivity (Wildman–Crippen MR) is 148 cm³/mol. The summed E-state index contributed by atoms with van der Waals surface area (Å²) < 4.78 is 59.7. The molecular weight excluding hydrogens is 555 g/mol. The van der Waals surface area contributed by atoms with Gasteiger partial charge in [0.15, 0.2) is 11.4 Å². The van der Waals surface area contributed by atoms with Crippen LogP contribution >= 0.6 is 0 Å². The van der Waals surface area contributed by atoms with Gasteiger partial charge >= 0.3 is 6.18 Å². The van der Waals surface area contributed by atoms with E-state index >= 15 is 0 Å². The van der Waals surface area contributed by atoms with Gasteiger partial charge in [-0.2, -0.15) is 13.2 Å². The number of imidazole rings is 1. The molecule has 2 aromatic carbocycles. The number of amidine groups is 1. The SMILES string of the molecule is Cc1cn(-c2ccc(/C=C3\CC4(CN5C3=NOCC5(C)c3ccc(C(F)(F)F)cc3)C[S+]([O-])C4)c3cnoc23)cn1. The van der Waals surface area contributed by atoms with E-state index in [0.29, 0.717) is 41.5 Å². The Kier molecular flexibility index (Phi) is 5.81. The van der Waals surface area contributed by atoms with Crippen molar-refractivity contribution in [2.24, 2.45) is 10.6 Å². The number of nitrogens with zero attached hydrogens (tertiary/aromatic N) is 5. The van der Waals surface area contributed by atoms with Gasteiger partial charge in [0.1, 0.15) is 23.7 Å². The number of benzene rings is 2. The lowest BCUT2D eigenvalue weighted by atomic mass is 9.75. The molecule has 8 nitrogen and oxygen atoms in total. The first-order chi connectivity index (χ1) is 19.5. The molecule has 3 aliphatic heterocycles. The molecule has 12 heteroatoms. The lowest BCUT2D eigenvalue weighted by molar-refractivity contribution is -0.137. The van der Waals surface area contributed by atoms with E-state index in [0.717, 1.165) is 40.0 Å². The maximum atomic E-state index is 13.3. The molecule has 0 radical (unpaired) electrons. The fourth-order valence-corrected chi connectivity index (χ4v) is 7.85. The normalized spacial score (nSPS) is 27.1. The minimum atomic E-state index is -4.42. The molecule has 1 unspecified atom stereocenters. The Labute approximate surface area is 236 Å². The first kappa shape index (κ1) is 26.1. The van der Waals surface area contributed by atoms with E-state index in [1.54, 1.807) is 12.5 Å². The molecule has 1 atom stereocenters. The molecule has 1 spiro atoms. The van der Waals surface area contributed by atoms with Crippen LogP contribution in [0.3, 0.4) is 0 Å². The van der Waals surface area contributed by atoms with Crippen LogP contribution in [0, 0.1) is 12.3 Å². The highest BCUT2D eigenvalue weighted by Gasteiger charge is 2.57. The van der Waals surface area contributed by atoms with Crippen LogP contribution in [0.15, 0.2) is 70.4 Å². The zero-order valence-corrected chi connectivity index (χ0v) is 23.1. The molecular formula is C29H26F3N5O3S. The minimum Gasteiger partial charge on any atom is -0.616 e. The largest absolute Gasteiger partial charge is 0.616 e. The van der Waals surface area contributed by atoms with Crippen LogP contribution in [-0.2, 0) is 27.7 Å². The van der Waals surface area contributed by atoms with Crippen molar-refractivity contribution in [1.29, 1.82) is 0 Å². The zero-order chi connectivity index (χ0) is 28.6. The number of rotatable bonds is 3. The second-order valence-electron chi connectivity index (χ2n) is 11.4. The van der Waals surface area contributed by atoms with Gasteiger partial charge in [-0.05, 0) is 61.2 Å². The van der Waals surface area contributed by atoms with Crippen LogP contribution < -0.4 is 0 Å². The van der Waals surface area contributed by atoms with E-state index in [-0.39, 0.29) is 12.0 Å². The van der Waals surface area contributed by atoms with Crippen molar-refractivity contribution in [1.82, 2.24) is 19.6 Å². The van der Waals surface area contributed by atoms with Crippen LogP contribution in [0.1, 0.15) is 35.7 Å². The molecule has 0 aliphatic carbocycles. The van der Waals surface area contributed by atoms with Crippen molar-refractivity contribution < 1.29 is 27.1 Å². The Balaban J connectivity index is 1.31. The standard InChI is InChI=1S/C29H26F3N5O3S/c1-18-12-36(17-33-18)24-8-3-19(23-11-34-40-25(23)24)9-20-10-28(15-41(38)16-28)13-37-26(20)35-39-14-27(37,2)21-4-6-22(7-5-21)29(30,31)32/h3-9,11-12,17H,10,13-16H2,1-2H3/b20-9+. The molecule has 5 heterocycles. The monoisotopic (exact) mass is 581 g/mol. The summed E-state index contributed by atoms with van der Waals surface area (Å²) in [6.07, 6.45) is 3.57. The zero-order valence-electron chi connectivity index (χ0n) is 22.3. The fourth-order valence-electron chi connectivity index (χ4n) is 6.18. The number of halogens is 3. The topological polar surface area (TPSA) is 91.7 Å². The quantitative estimate of drug-likeness (QED) is 0.300. The van der Waals surface area contributed by atoms with E-state index in [9.17, 15) is 17.7 Å². The average Bonchev–Trinajstić information content (AvgIpc) is 3.58. The molecule has 7 rings (SSSR count). The summed E-state index contributed by atoms with van der Waals surface area (Å²) in [5, 5.41) is 9.32. The Morgan fingerprint density at radius 2 is 1.90 bits per heavy atom. The van der Waals surface area contributed by atoms with Crippen LogP contribution in [0.25, 0.3) is 22.7 Å². The molecule has 3 aliphatic rings. The molecule has 2 saturated heterocycles. The highest BCUT2D eigenvalue weighted by Crippen LogP contribution is 2.49. The van der Waals surface area contributed by atoms with E-state index in [1.807, 2.05) is 42.8 Å². The number of aromatic nitrogens is 3. The lowest BCUT2D eigenvalue weighted by Gasteiger charge is -2.55. The number of oxime groups is 1. The van der Waals surface area contributed by atoms with Gasteiger partial charge in [-0.25, -0.2) is 4.98 Å². The molecule has 2 aromatic heterocycles. The summed E-state index contributed by atoms with van der Waals surface area (Å²) in [5.74, 6) is 1.74. The van der Waals surface area contributed by atoms with Crippen LogP contribution in [0.4, 0.5) is 13.2 Å². The second-order valence-corrected chi connectivity index (χ2v) is 12.8. The molecule has 212 valence electrons. The first-order valence-electron chi connectivity index (χ1n) is 13.1. The Bertz CT molecular complexity index is 1700. The van der Waals surface area contributed by atoms with E-state index in [2.05, 4.69) is 20.2 Å². The van der Waals surface area contributed by atoms with E-state index < -0.39 is 28.5 Å². The third-order valence-corrected chi connectivity index (χ3v) is 10.2. The predicted octanol–water partition coefficient (Wildman–Crippen LogP) is 5.44. The lowest BCUT2D eigenvalue weighted by Crippen LogP contribution is -2.65. The molecule has 4 aromatic rings. The fraction of sp³-hybridized carbons (Fsp3) is 0.345. The van der Waals surface area contributed by atoms with Gasteiger partial charge in [0.05, 0.1) is 40.3 Å². The number of aryl methyl sites for hydroxylation is 1. The third-order valence-electron chi connectivity index (χ3n) is 8.32. The Morgan fingerprint density at radius 3 is 2.59 bits per heavy atom. The summed E-state index contributed by atoms with van der Waals surface area (Å²) in [4.78, 5) is 12.2. The van der Waals surface area contributed by atoms with Crippen molar-refractivity contribution in [2.45, 2.75) is 32.0 Å². The maximum absolute atomic E-state index is 13.3. The third kappa shape index (κ3) is 4.31. The Morgan fingerprint density at radius 1 is 1.12 bits per heavy atom. The van der Waals surface area contributed by atoms with Gasteiger partial charge in [0.25, 0.3) is 0 Å². The molecule has 0 bridgehead atoms. The van der Waals surface area contributed by atoms with Crippen molar-refractivity contribution in [3.8, 4) is 5.69 Å². The summed E-state index contributed by atoms with van der Waals surface area (Å²) in [6, 6.07) is 9.16. The minimum absolute atomic E-state index is 0.170. The van der Waals surface area contributed by atoms with Gasteiger partial charge in [-0.1, -0.05) is 39.7 Å². The average molecular weight is 582 g/mol. The van der Waals surface area contributed by atoms with Gasteiger partial charge in [-0.15, -0.1) is 0 Å². The van der Waals surface area contributed by atoms with Crippen LogP contribution in [-0.4, -0.2) is 54.7 Å². The summed E-state index contributed by atoms with van der Waals surface area (Å²) in [7, 11) is 0. The molecule has 0 amide bonds. The molecule has 41 heavy (non-hydrogen) atoms. The molecule has 0 N–H and O–H groups in total. The highest BCUT2D eigenvalue weighted by atomic mass is 32.2. The summed E-state index contributed by atoms with van der Waals surface area (Å²) in [5.41, 5.74) is 3.05. The molecule has 0 saturated carbocycles. The van der Waals surface area contributed by atoms with E-state index in [4.69, 9.17) is 9.36 Å². The summed E-state index contributed by atoms with van der Waals surface area (Å²) >= 11 is -0.907. The van der Waals surface area contributed by atoms with E-state index in [1.165, 1.54) is 12.1 Å². The molecule has 2 fully saturated rings. The van der Waals surface area contributed by atoms with Gasteiger partial charge < -0.3 is 23.4 Å². The van der Waals surface area contributed by atoms with Crippen molar-refractivity contribution in [2.75, 3.05) is 24.7 Å².